The number of methoxy groups -OCH3 is 1. The number of hydrogen-bond acceptors (Lipinski definition) is 4. The summed E-state index contributed by atoms with van der Waals surface area (Å²) in [6, 6.07) is 4.11. The lowest BCUT2D eigenvalue weighted by Crippen LogP contribution is -2.38. The zero-order valence-corrected chi connectivity index (χ0v) is 11.8. The first-order valence-electron chi connectivity index (χ1n) is 6.20. The largest absolute Gasteiger partial charge is 0.465 e. The summed E-state index contributed by atoms with van der Waals surface area (Å²) in [6.07, 6.45) is 0. The van der Waals surface area contributed by atoms with Gasteiger partial charge in [0.1, 0.15) is 5.82 Å². The van der Waals surface area contributed by atoms with E-state index in [1.165, 1.54) is 25.3 Å². The SMILES string of the molecule is COC(=O)c1ccc(F)c(NCCNC(C)(C)C)c1. The molecule has 0 amide bonds. The minimum atomic E-state index is -0.476. The van der Waals surface area contributed by atoms with Crippen LogP contribution in [0.25, 0.3) is 0 Å². The van der Waals surface area contributed by atoms with E-state index in [9.17, 15) is 9.18 Å². The van der Waals surface area contributed by atoms with Crippen LogP contribution in [0.15, 0.2) is 18.2 Å². The van der Waals surface area contributed by atoms with E-state index < -0.39 is 5.97 Å². The average Bonchev–Trinajstić information content (AvgIpc) is 2.34. The Morgan fingerprint density at radius 1 is 1.32 bits per heavy atom. The first kappa shape index (κ1) is 15.4. The molecule has 0 aliphatic rings. The Morgan fingerprint density at radius 3 is 2.58 bits per heavy atom. The molecule has 0 saturated heterocycles. The number of ether oxygens (including phenoxy) is 1. The second kappa shape index (κ2) is 6.52. The monoisotopic (exact) mass is 268 g/mol. The van der Waals surface area contributed by atoms with Gasteiger partial charge in [-0.15, -0.1) is 0 Å². The highest BCUT2D eigenvalue weighted by Crippen LogP contribution is 2.16. The average molecular weight is 268 g/mol. The van der Waals surface area contributed by atoms with Crippen LogP contribution in [0.2, 0.25) is 0 Å². The van der Waals surface area contributed by atoms with Crippen molar-refractivity contribution in [2.45, 2.75) is 26.3 Å². The topological polar surface area (TPSA) is 50.4 Å². The van der Waals surface area contributed by atoms with Crippen molar-refractivity contribution in [3.05, 3.63) is 29.6 Å². The lowest BCUT2D eigenvalue weighted by Gasteiger charge is -2.20. The number of esters is 1. The van der Waals surface area contributed by atoms with Gasteiger partial charge in [-0.2, -0.15) is 0 Å². The summed E-state index contributed by atoms with van der Waals surface area (Å²) in [5.41, 5.74) is 0.655. The van der Waals surface area contributed by atoms with Crippen molar-refractivity contribution in [3.8, 4) is 0 Å². The quantitative estimate of drug-likeness (QED) is 0.636. The van der Waals surface area contributed by atoms with Crippen LogP contribution in [0.5, 0.6) is 0 Å². The van der Waals surface area contributed by atoms with Gasteiger partial charge in [0.2, 0.25) is 0 Å². The van der Waals surface area contributed by atoms with Gasteiger partial charge in [0.15, 0.2) is 0 Å². The molecular weight excluding hydrogens is 247 g/mol. The molecule has 0 radical (unpaired) electrons. The fraction of sp³-hybridized carbons (Fsp3) is 0.500. The highest BCUT2D eigenvalue weighted by atomic mass is 19.1. The third-order valence-corrected chi connectivity index (χ3v) is 2.48. The summed E-state index contributed by atoms with van der Waals surface area (Å²) < 4.78 is 18.2. The van der Waals surface area contributed by atoms with Gasteiger partial charge in [-0.1, -0.05) is 0 Å². The van der Waals surface area contributed by atoms with Crippen LogP contribution in [0.4, 0.5) is 10.1 Å². The molecule has 0 unspecified atom stereocenters. The number of anilines is 1. The number of rotatable bonds is 5. The number of halogens is 1. The molecule has 0 aliphatic heterocycles. The standard InChI is InChI=1S/C14H21FN2O2/c1-14(2,3)17-8-7-16-12-9-10(13(18)19-4)5-6-11(12)15/h5-6,9,16-17H,7-8H2,1-4H3. The molecule has 0 bridgehead atoms. The van der Waals surface area contributed by atoms with Gasteiger partial charge in [-0.25, -0.2) is 9.18 Å². The molecule has 5 heteroatoms. The number of carbonyl (C=O) groups excluding carboxylic acids is 1. The van der Waals surface area contributed by atoms with Crippen molar-refractivity contribution < 1.29 is 13.9 Å². The Hall–Kier alpha value is -1.62. The lowest BCUT2D eigenvalue weighted by molar-refractivity contribution is 0.0600. The molecule has 2 N–H and O–H groups in total. The Balaban J connectivity index is 2.60. The van der Waals surface area contributed by atoms with E-state index in [4.69, 9.17) is 0 Å². The van der Waals surface area contributed by atoms with E-state index in [2.05, 4.69) is 36.1 Å². The summed E-state index contributed by atoms with van der Waals surface area (Å²) in [7, 11) is 1.30. The van der Waals surface area contributed by atoms with Gasteiger partial charge in [0.25, 0.3) is 0 Å². The predicted octanol–water partition coefficient (Wildman–Crippen LogP) is 2.41. The Kier molecular flexibility index (Phi) is 5.30. The third-order valence-electron chi connectivity index (χ3n) is 2.48. The Labute approximate surface area is 113 Å². The van der Waals surface area contributed by atoms with Crippen molar-refractivity contribution in [1.29, 1.82) is 0 Å². The first-order valence-corrected chi connectivity index (χ1v) is 6.20. The van der Waals surface area contributed by atoms with Gasteiger partial charge >= 0.3 is 5.97 Å². The highest BCUT2D eigenvalue weighted by molar-refractivity contribution is 5.90. The summed E-state index contributed by atoms with van der Waals surface area (Å²) >= 11 is 0. The number of nitrogens with one attached hydrogen (secondary N) is 2. The van der Waals surface area contributed by atoms with Gasteiger partial charge in [-0.3, -0.25) is 0 Å². The fourth-order valence-electron chi connectivity index (χ4n) is 1.54. The fourth-order valence-corrected chi connectivity index (χ4v) is 1.54. The molecule has 1 aromatic rings. The molecule has 0 atom stereocenters. The first-order chi connectivity index (χ1) is 8.83. The molecule has 106 valence electrons. The van der Waals surface area contributed by atoms with E-state index in [1.807, 2.05) is 0 Å². The highest BCUT2D eigenvalue weighted by Gasteiger charge is 2.10. The summed E-state index contributed by atoms with van der Waals surface area (Å²) in [5.74, 6) is -0.862. The predicted molar refractivity (Wildman–Crippen MR) is 74.0 cm³/mol. The third kappa shape index (κ3) is 5.26. The minimum Gasteiger partial charge on any atom is -0.465 e. The van der Waals surface area contributed by atoms with Crippen molar-refractivity contribution in [2.24, 2.45) is 0 Å². The smallest absolute Gasteiger partial charge is 0.337 e. The zero-order chi connectivity index (χ0) is 14.5. The van der Waals surface area contributed by atoms with E-state index >= 15 is 0 Å². The van der Waals surface area contributed by atoms with Crippen LogP contribution in [0.1, 0.15) is 31.1 Å². The summed E-state index contributed by atoms with van der Waals surface area (Å²) in [5, 5.41) is 6.24. The molecule has 4 nitrogen and oxygen atoms in total. The molecule has 19 heavy (non-hydrogen) atoms. The second-order valence-electron chi connectivity index (χ2n) is 5.29. The van der Waals surface area contributed by atoms with E-state index in [1.54, 1.807) is 0 Å². The maximum absolute atomic E-state index is 13.6. The van der Waals surface area contributed by atoms with Crippen molar-refractivity contribution in [2.75, 3.05) is 25.5 Å². The molecule has 0 spiro atoms. The Morgan fingerprint density at radius 2 is 2.00 bits per heavy atom. The number of hydrogen-bond donors (Lipinski definition) is 2. The molecule has 0 fully saturated rings. The molecular formula is C14H21FN2O2. The van der Waals surface area contributed by atoms with Crippen LogP contribution in [-0.2, 0) is 4.74 Å². The van der Waals surface area contributed by atoms with Gasteiger partial charge < -0.3 is 15.4 Å². The van der Waals surface area contributed by atoms with E-state index in [0.29, 0.717) is 24.3 Å². The molecule has 0 aliphatic carbocycles. The number of benzene rings is 1. The lowest BCUT2D eigenvalue weighted by atomic mass is 10.1. The van der Waals surface area contributed by atoms with Crippen LogP contribution in [0, 0.1) is 5.82 Å². The number of carbonyl (C=O) groups is 1. The van der Waals surface area contributed by atoms with Gasteiger partial charge in [0.05, 0.1) is 18.4 Å². The van der Waals surface area contributed by atoms with Crippen molar-refractivity contribution >= 4 is 11.7 Å². The van der Waals surface area contributed by atoms with E-state index in [-0.39, 0.29) is 11.4 Å². The second-order valence-corrected chi connectivity index (χ2v) is 5.29. The molecule has 1 rings (SSSR count). The maximum atomic E-state index is 13.6. The molecule has 0 heterocycles. The van der Waals surface area contributed by atoms with Crippen LogP contribution in [-0.4, -0.2) is 31.7 Å². The summed E-state index contributed by atoms with van der Waals surface area (Å²) in [6.45, 7) is 7.45. The van der Waals surface area contributed by atoms with Gasteiger partial charge in [0, 0.05) is 18.6 Å². The van der Waals surface area contributed by atoms with Crippen LogP contribution in [0.3, 0.4) is 0 Å². The van der Waals surface area contributed by atoms with Crippen molar-refractivity contribution in [3.63, 3.8) is 0 Å². The Bertz CT molecular complexity index is 442. The summed E-state index contributed by atoms with van der Waals surface area (Å²) in [4.78, 5) is 11.4. The van der Waals surface area contributed by atoms with Gasteiger partial charge in [-0.05, 0) is 39.0 Å². The van der Waals surface area contributed by atoms with E-state index in [0.717, 1.165) is 0 Å². The molecule has 1 aromatic carbocycles. The zero-order valence-electron chi connectivity index (χ0n) is 11.8. The normalized spacial score (nSPS) is 11.2. The van der Waals surface area contributed by atoms with Crippen LogP contribution >= 0.6 is 0 Å². The minimum absolute atomic E-state index is 0.0219. The van der Waals surface area contributed by atoms with Crippen LogP contribution < -0.4 is 10.6 Å². The van der Waals surface area contributed by atoms with Crippen molar-refractivity contribution in [1.82, 2.24) is 5.32 Å². The maximum Gasteiger partial charge on any atom is 0.337 e. The molecule has 0 aromatic heterocycles. The molecule has 0 saturated carbocycles.